The van der Waals surface area contributed by atoms with Gasteiger partial charge in [0, 0.05) is 43.6 Å². The fourth-order valence-electron chi connectivity index (χ4n) is 3.00. The van der Waals surface area contributed by atoms with Crippen LogP contribution in [-0.4, -0.2) is 73.6 Å². The number of nitrogen functional groups attached to an aromatic ring is 1. The van der Waals surface area contributed by atoms with Gasteiger partial charge >= 0.3 is 6.03 Å². The summed E-state index contributed by atoms with van der Waals surface area (Å²) in [6.07, 6.45) is 2.05. The quantitative estimate of drug-likeness (QED) is 0.783. The van der Waals surface area contributed by atoms with E-state index in [0.29, 0.717) is 11.7 Å². The molecule has 0 aromatic heterocycles. The average molecular weight is 333 g/mol. The zero-order valence-corrected chi connectivity index (χ0v) is 15.2. The van der Waals surface area contributed by atoms with Crippen molar-refractivity contribution in [1.82, 2.24) is 14.7 Å². The molecule has 0 atom stereocenters. The van der Waals surface area contributed by atoms with Crippen molar-refractivity contribution in [1.29, 1.82) is 0 Å². The summed E-state index contributed by atoms with van der Waals surface area (Å²) < 4.78 is 0. The molecule has 1 aromatic rings. The first kappa shape index (κ1) is 18.5. The van der Waals surface area contributed by atoms with E-state index in [9.17, 15) is 4.79 Å². The van der Waals surface area contributed by atoms with Gasteiger partial charge in [-0.05, 0) is 51.7 Å². The van der Waals surface area contributed by atoms with E-state index in [1.54, 1.807) is 6.07 Å². The van der Waals surface area contributed by atoms with Crippen LogP contribution in [0.2, 0.25) is 0 Å². The second-order valence-corrected chi connectivity index (χ2v) is 6.65. The molecule has 3 N–H and O–H groups in total. The minimum Gasteiger partial charge on any atom is -0.399 e. The maximum Gasteiger partial charge on any atom is 0.321 e. The Bertz CT molecular complexity index is 528. The molecule has 0 bridgehead atoms. The monoisotopic (exact) mass is 333 g/mol. The molecule has 1 fully saturated rings. The summed E-state index contributed by atoms with van der Waals surface area (Å²) in [5.41, 5.74) is 7.16. The van der Waals surface area contributed by atoms with E-state index in [1.807, 2.05) is 23.1 Å². The lowest BCUT2D eigenvalue weighted by Crippen LogP contribution is -2.48. The molecule has 0 unspecified atom stereocenters. The molecule has 2 rings (SSSR count). The summed E-state index contributed by atoms with van der Waals surface area (Å²) in [4.78, 5) is 19.0. The molecule has 134 valence electrons. The summed E-state index contributed by atoms with van der Waals surface area (Å²) in [7, 11) is 4.34. The number of likely N-dealkylation sites (tertiary alicyclic amines) is 1. The number of rotatable bonds is 6. The summed E-state index contributed by atoms with van der Waals surface area (Å²) in [6.45, 7) is 7.01. The van der Waals surface area contributed by atoms with E-state index in [4.69, 9.17) is 5.73 Å². The number of hydrogen-bond acceptors (Lipinski definition) is 4. The summed E-state index contributed by atoms with van der Waals surface area (Å²) in [6, 6.07) is 7.83. The maximum absolute atomic E-state index is 12.4. The normalized spacial score (nSPS) is 16.0. The molecule has 0 saturated carbocycles. The van der Waals surface area contributed by atoms with Crippen LogP contribution in [0.3, 0.4) is 0 Å². The van der Waals surface area contributed by atoms with Crippen LogP contribution in [0.25, 0.3) is 0 Å². The van der Waals surface area contributed by atoms with Gasteiger partial charge in [-0.3, -0.25) is 0 Å². The van der Waals surface area contributed by atoms with Gasteiger partial charge in [-0.25, -0.2) is 4.79 Å². The van der Waals surface area contributed by atoms with Crippen LogP contribution in [0.15, 0.2) is 24.3 Å². The second kappa shape index (κ2) is 8.89. The van der Waals surface area contributed by atoms with Gasteiger partial charge in [0.25, 0.3) is 0 Å². The smallest absolute Gasteiger partial charge is 0.321 e. The molecule has 0 radical (unpaired) electrons. The van der Waals surface area contributed by atoms with Crippen molar-refractivity contribution in [2.24, 2.45) is 0 Å². The van der Waals surface area contributed by atoms with Crippen molar-refractivity contribution in [2.75, 3.05) is 57.9 Å². The molecule has 1 heterocycles. The number of carbonyl (C=O) groups is 1. The molecule has 24 heavy (non-hydrogen) atoms. The number of likely N-dealkylation sites (N-methyl/N-ethyl adjacent to an activating group) is 2. The molecular weight excluding hydrogens is 302 g/mol. The Balaban J connectivity index is 1.76. The van der Waals surface area contributed by atoms with Crippen molar-refractivity contribution in [3.63, 3.8) is 0 Å². The number of nitrogens with zero attached hydrogens (tertiary/aromatic N) is 3. The molecule has 1 aliphatic rings. The third-order valence-corrected chi connectivity index (χ3v) is 4.89. The van der Waals surface area contributed by atoms with Gasteiger partial charge in [0.1, 0.15) is 0 Å². The van der Waals surface area contributed by atoms with E-state index >= 15 is 0 Å². The number of nitrogens with one attached hydrogen (secondary N) is 1. The van der Waals surface area contributed by atoms with E-state index in [-0.39, 0.29) is 6.03 Å². The van der Waals surface area contributed by atoms with Crippen LogP contribution in [-0.2, 0) is 0 Å². The highest BCUT2D eigenvalue weighted by Crippen LogP contribution is 2.17. The third kappa shape index (κ3) is 5.39. The van der Waals surface area contributed by atoms with Crippen LogP contribution >= 0.6 is 0 Å². The molecule has 0 aliphatic carbocycles. The van der Waals surface area contributed by atoms with E-state index in [0.717, 1.165) is 51.3 Å². The lowest BCUT2D eigenvalue weighted by molar-refractivity contribution is 0.133. The first-order valence-electron chi connectivity index (χ1n) is 8.80. The highest BCUT2D eigenvalue weighted by atomic mass is 16.2. The predicted octanol–water partition coefficient (Wildman–Crippen LogP) is 2.15. The summed E-state index contributed by atoms with van der Waals surface area (Å²) in [5, 5.41) is 2.93. The van der Waals surface area contributed by atoms with Crippen LogP contribution in [0, 0.1) is 0 Å². The van der Waals surface area contributed by atoms with Gasteiger partial charge in [-0.15, -0.1) is 0 Å². The number of benzene rings is 1. The highest BCUT2D eigenvalue weighted by molar-refractivity contribution is 5.89. The molecule has 2 amide bonds. The molecule has 6 nitrogen and oxygen atoms in total. The van der Waals surface area contributed by atoms with Crippen molar-refractivity contribution in [2.45, 2.75) is 25.8 Å². The number of nitrogens with two attached hydrogens (primary N) is 1. The number of piperidine rings is 1. The summed E-state index contributed by atoms with van der Waals surface area (Å²) >= 11 is 0. The average Bonchev–Trinajstić information content (AvgIpc) is 2.59. The van der Waals surface area contributed by atoms with Crippen LogP contribution in [0.4, 0.5) is 16.2 Å². The van der Waals surface area contributed by atoms with Crippen molar-refractivity contribution < 1.29 is 4.79 Å². The first-order chi connectivity index (χ1) is 11.5. The van der Waals surface area contributed by atoms with Gasteiger partial charge in [-0.1, -0.05) is 13.0 Å². The number of hydrogen-bond donors (Lipinski definition) is 2. The van der Waals surface area contributed by atoms with E-state index in [1.165, 1.54) is 0 Å². The first-order valence-corrected chi connectivity index (χ1v) is 8.80. The molecular formula is C18H31N5O. The second-order valence-electron chi connectivity index (χ2n) is 6.65. The number of carbonyl (C=O) groups excluding carboxylic acids is 1. The molecule has 1 saturated heterocycles. The van der Waals surface area contributed by atoms with Crippen LogP contribution < -0.4 is 11.1 Å². The molecule has 6 heteroatoms. The van der Waals surface area contributed by atoms with Gasteiger partial charge in [0.15, 0.2) is 0 Å². The standard InChI is InChI=1S/C18H31N5O/c1-4-21(2)12-13-22(3)17-8-10-23(11-9-17)18(24)20-16-7-5-6-15(19)14-16/h5-7,14,17H,4,8-13,19H2,1-3H3,(H,20,24). The topological polar surface area (TPSA) is 64.8 Å². The number of amides is 2. The van der Waals surface area contributed by atoms with E-state index < -0.39 is 0 Å². The maximum atomic E-state index is 12.4. The van der Waals surface area contributed by atoms with Crippen molar-refractivity contribution in [3.05, 3.63) is 24.3 Å². The van der Waals surface area contributed by atoms with E-state index in [2.05, 4.69) is 36.1 Å². The van der Waals surface area contributed by atoms with Gasteiger partial charge in [-0.2, -0.15) is 0 Å². The SMILES string of the molecule is CCN(C)CCN(C)C1CCN(C(=O)Nc2cccc(N)c2)CC1. The lowest BCUT2D eigenvalue weighted by atomic mass is 10.0. The highest BCUT2D eigenvalue weighted by Gasteiger charge is 2.25. The Morgan fingerprint density at radius 1 is 1.29 bits per heavy atom. The largest absolute Gasteiger partial charge is 0.399 e. The fourth-order valence-corrected chi connectivity index (χ4v) is 3.00. The summed E-state index contributed by atoms with van der Waals surface area (Å²) in [5.74, 6) is 0. The lowest BCUT2D eigenvalue weighted by Gasteiger charge is -2.37. The predicted molar refractivity (Wildman–Crippen MR) is 100 cm³/mol. The van der Waals surface area contributed by atoms with Gasteiger partial charge in [0.2, 0.25) is 0 Å². The van der Waals surface area contributed by atoms with Crippen LogP contribution in [0.5, 0.6) is 0 Å². The minimum absolute atomic E-state index is 0.0348. The van der Waals surface area contributed by atoms with Gasteiger partial charge in [0.05, 0.1) is 0 Å². The Morgan fingerprint density at radius 2 is 2.00 bits per heavy atom. The third-order valence-electron chi connectivity index (χ3n) is 4.89. The zero-order chi connectivity index (χ0) is 17.5. The minimum atomic E-state index is -0.0348. The zero-order valence-electron chi connectivity index (χ0n) is 15.2. The fraction of sp³-hybridized carbons (Fsp3) is 0.611. The molecule has 0 spiro atoms. The number of urea groups is 1. The molecule has 1 aromatic carbocycles. The van der Waals surface area contributed by atoms with Crippen molar-refractivity contribution >= 4 is 17.4 Å². The van der Waals surface area contributed by atoms with Crippen LogP contribution in [0.1, 0.15) is 19.8 Å². The number of anilines is 2. The Labute approximate surface area is 145 Å². The Hall–Kier alpha value is -1.79. The Morgan fingerprint density at radius 3 is 2.62 bits per heavy atom. The molecule has 1 aliphatic heterocycles. The Kier molecular flexibility index (Phi) is 6.87. The van der Waals surface area contributed by atoms with Gasteiger partial charge < -0.3 is 25.8 Å². The van der Waals surface area contributed by atoms with Crippen molar-refractivity contribution in [3.8, 4) is 0 Å².